The quantitative estimate of drug-likeness (QED) is 0.504. The molecule has 3 aromatic rings. The van der Waals surface area contributed by atoms with Crippen LogP contribution in [-0.4, -0.2) is 35.6 Å². The first-order chi connectivity index (χ1) is 16.2. The van der Waals surface area contributed by atoms with E-state index in [1.54, 1.807) is 18.2 Å². The van der Waals surface area contributed by atoms with E-state index in [1.165, 1.54) is 17.6 Å². The van der Waals surface area contributed by atoms with Gasteiger partial charge in [-0.25, -0.2) is 0 Å². The third kappa shape index (κ3) is 4.60. The molecule has 0 saturated heterocycles. The molecule has 0 radical (unpaired) electrons. The van der Waals surface area contributed by atoms with Crippen LogP contribution in [0.3, 0.4) is 0 Å². The molecule has 0 saturated carbocycles. The zero-order valence-electron chi connectivity index (χ0n) is 18.9. The highest BCUT2D eigenvalue weighted by molar-refractivity contribution is 6.12. The summed E-state index contributed by atoms with van der Waals surface area (Å²) in [6.07, 6.45) is -3.64. The van der Waals surface area contributed by atoms with E-state index in [9.17, 15) is 22.8 Å². The number of hydrogen-bond donors (Lipinski definition) is 1. The average Bonchev–Trinajstić information content (AvgIpc) is 2.94. The molecule has 34 heavy (non-hydrogen) atoms. The van der Waals surface area contributed by atoms with E-state index in [2.05, 4.69) is 5.32 Å². The summed E-state index contributed by atoms with van der Waals surface area (Å²) in [6.45, 7) is 4.23. The summed E-state index contributed by atoms with van der Waals surface area (Å²) in [7, 11) is 0. The summed E-state index contributed by atoms with van der Waals surface area (Å²) >= 11 is 0. The second-order valence-electron chi connectivity index (χ2n) is 8.18. The van der Waals surface area contributed by atoms with E-state index in [0.29, 0.717) is 36.7 Å². The Hall–Kier alpha value is -3.49. The molecular formula is C25H25F3N2O4. The Labute approximate surface area is 194 Å². The monoisotopic (exact) mass is 474 g/mol. The van der Waals surface area contributed by atoms with Gasteiger partial charge in [-0.3, -0.25) is 9.59 Å². The number of carbonyl (C=O) groups excluding carboxylic acids is 2. The van der Waals surface area contributed by atoms with Crippen LogP contribution >= 0.6 is 0 Å². The van der Waals surface area contributed by atoms with Crippen molar-refractivity contribution >= 4 is 22.6 Å². The number of carbonyl (C=O) groups is 2. The summed E-state index contributed by atoms with van der Waals surface area (Å²) in [5.74, 6) is -1.03. The van der Waals surface area contributed by atoms with Crippen LogP contribution in [0.5, 0.6) is 11.5 Å². The van der Waals surface area contributed by atoms with Crippen LogP contribution in [0, 0.1) is 6.92 Å². The lowest BCUT2D eigenvalue weighted by atomic mass is 10.0. The number of halogens is 3. The molecule has 2 heterocycles. The van der Waals surface area contributed by atoms with Crippen molar-refractivity contribution in [3.8, 4) is 11.5 Å². The first kappa shape index (κ1) is 23.7. The van der Waals surface area contributed by atoms with Gasteiger partial charge in [-0.1, -0.05) is 31.2 Å². The van der Waals surface area contributed by atoms with Gasteiger partial charge < -0.3 is 19.4 Å². The van der Waals surface area contributed by atoms with Crippen molar-refractivity contribution in [1.29, 1.82) is 0 Å². The van der Waals surface area contributed by atoms with E-state index < -0.39 is 17.5 Å². The van der Waals surface area contributed by atoms with E-state index in [1.807, 2.05) is 25.1 Å². The Morgan fingerprint density at radius 3 is 2.50 bits per heavy atom. The number of fused-ring (bicyclic) bond motifs is 2. The molecule has 180 valence electrons. The SMILES string of the molecule is CCC(NC(=O)Cn1c(C)c(C(=O)C(F)(F)F)c2ccccc21)c1ccc2c(c1)OCCCO2. The average molecular weight is 474 g/mol. The Balaban J connectivity index is 1.59. The Morgan fingerprint density at radius 1 is 1.09 bits per heavy atom. The number of nitrogens with zero attached hydrogens (tertiary/aromatic N) is 1. The van der Waals surface area contributed by atoms with Gasteiger partial charge in [-0.2, -0.15) is 13.2 Å². The molecule has 1 aliphatic heterocycles. The van der Waals surface area contributed by atoms with Gasteiger partial charge in [0, 0.05) is 23.0 Å². The maximum atomic E-state index is 13.2. The van der Waals surface area contributed by atoms with Crippen LogP contribution in [-0.2, 0) is 11.3 Å². The van der Waals surface area contributed by atoms with Gasteiger partial charge >= 0.3 is 6.18 Å². The van der Waals surface area contributed by atoms with Crippen LogP contribution in [0.1, 0.15) is 47.4 Å². The fourth-order valence-corrected chi connectivity index (χ4v) is 4.26. The Kier molecular flexibility index (Phi) is 6.54. The minimum Gasteiger partial charge on any atom is -0.490 e. The topological polar surface area (TPSA) is 69.6 Å². The Morgan fingerprint density at radius 2 is 1.79 bits per heavy atom. The number of ether oxygens (including phenoxy) is 2. The second-order valence-corrected chi connectivity index (χ2v) is 8.18. The number of amides is 1. The van der Waals surface area contributed by atoms with Crippen molar-refractivity contribution in [2.45, 2.75) is 45.5 Å². The molecule has 1 amide bonds. The van der Waals surface area contributed by atoms with E-state index >= 15 is 0 Å². The van der Waals surface area contributed by atoms with Crippen molar-refractivity contribution in [1.82, 2.24) is 9.88 Å². The predicted molar refractivity (Wildman–Crippen MR) is 120 cm³/mol. The number of aromatic nitrogens is 1. The maximum Gasteiger partial charge on any atom is 0.454 e. The highest BCUT2D eigenvalue weighted by Crippen LogP contribution is 2.34. The highest BCUT2D eigenvalue weighted by atomic mass is 19.4. The van der Waals surface area contributed by atoms with Crippen molar-refractivity contribution in [3.05, 3.63) is 59.3 Å². The molecule has 6 nitrogen and oxygen atoms in total. The molecule has 0 spiro atoms. The van der Waals surface area contributed by atoms with Crippen molar-refractivity contribution in [2.75, 3.05) is 13.2 Å². The van der Waals surface area contributed by atoms with Gasteiger partial charge in [0.25, 0.3) is 5.78 Å². The normalized spacial score (nSPS) is 14.5. The molecule has 2 aromatic carbocycles. The fraction of sp³-hybridized carbons (Fsp3) is 0.360. The number of benzene rings is 2. The van der Waals surface area contributed by atoms with Crippen LogP contribution < -0.4 is 14.8 Å². The summed E-state index contributed by atoms with van der Waals surface area (Å²) in [6, 6.07) is 11.5. The third-order valence-electron chi connectivity index (χ3n) is 5.93. The van der Waals surface area contributed by atoms with Crippen LogP contribution in [0.25, 0.3) is 10.9 Å². The minimum atomic E-state index is -5.01. The van der Waals surface area contributed by atoms with Gasteiger partial charge in [0.05, 0.1) is 24.8 Å². The number of rotatable bonds is 6. The van der Waals surface area contributed by atoms with Crippen LogP contribution in [0.2, 0.25) is 0 Å². The van der Waals surface area contributed by atoms with E-state index in [0.717, 1.165) is 12.0 Å². The lowest BCUT2D eigenvalue weighted by molar-refractivity contribution is -0.122. The molecule has 1 aromatic heterocycles. The van der Waals surface area contributed by atoms with E-state index in [4.69, 9.17) is 9.47 Å². The number of ketones is 1. The van der Waals surface area contributed by atoms with Gasteiger partial charge in [0.15, 0.2) is 11.5 Å². The van der Waals surface area contributed by atoms with Crippen molar-refractivity contribution in [3.63, 3.8) is 0 Å². The zero-order chi connectivity index (χ0) is 24.5. The summed E-state index contributed by atoms with van der Waals surface area (Å²) in [5, 5.41) is 3.12. The van der Waals surface area contributed by atoms with Crippen molar-refractivity contribution < 1.29 is 32.2 Å². The van der Waals surface area contributed by atoms with Crippen LogP contribution in [0.4, 0.5) is 13.2 Å². The van der Waals surface area contributed by atoms with Crippen LogP contribution in [0.15, 0.2) is 42.5 Å². The first-order valence-corrected chi connectivity index (χ1v) is 11.1. The molecule has 1 atom stereocenters. The lowest BCUT2D eigenvalue weighted by Gasteiger charge is -2.20. The number of alkyl halides is 3. The molecular weight excluding hydrogens is 449 g/mol. The summed E-state index contributed by atoms with van der Waals surface area (Å²) < 4.78 is 52.5. The molecule has 0 aliphatic carbocycles. The minimum absolute atomic E-state index is 0.0994. The molecule has 4 rings (SSSR count). The predicted octanol–water partition coefficient (Wildman–Crippen LogP) is 5.12. The number of nitrogens with one attached hydrogen (secondary N) is 1. The molecule has 1 unspecified atom stereocenters. The van der Waals surface area contributed by atoms with Gasteiger partial charge in [0.2, 0.25) is 5.91 Å². The molecule has 1 aliphatic rings. The molecule has 0 fully saturated rings. The number of Topliss-reactive ketones (excluding diaryl/α,β-unsaturated/α-hetero) is 1. The Bertz CT molecular complexity index is 1230. The lowest BCUT2D eigenvalue weighted by Crippen LogP contribution is -2.31. The largest absolute Gasteiger partial charge is 0.490 e. The van der Waals surface area contributed by atoms with Crippen molar-refractivity contribution in [2.24, 2.45) is 0 Å². The second kappa shape index (κ2) is 9.40. The summed E-state index contributed by atoms with van der Waals surface area (Å²) in [5.41, 5.74) is 0.904. The first-order valence-electron chi connectivity index (χ1n) is 11.1. The molecule has 1 N–H and O–H groups in total. The number of hydrogen-bond acceptors (Lipinski definition) is 4. The maximum absolute atomic E-state index is 13.2. The number of para-hydroxylation sites is 1. The smallest absolute Gasteiger partial charge is 0.454 e. The van der Waals surface area contributed by atoms with E-state index in [-0.39, 0.29) is 29.6 Å². The zero-order valence-corrected chi connectivity index (χ0v) is 18.9. The van der Waals surface area contributed by atoms with Gasteiger partial charge in [-0.15, -0.1) is 0 Å². The highest BCUT2D eigenvalue weighted by Gasteiger charge is 2.42. The van der Waals surface area contributed by atoms with Gasteiger partial charge in [-0.05, 0) is 37.1 Å². The summed E-state index contributed by atoms with van der Waals surface area (Å²) in [4.78, 5) is 25.1. The molecule has 9 heteroatoms. The fourth-order valence-electron chi connectivity index (χ4n) is 4.26. The van der Waals surface area contributed by atoms with Gasteiger partial charge in [0.1, 0.15) is 6.54 Å². The third-order valence-corrected chi connectivity index (χ3v) is 5.93. The molecule has 0 bridgehead atoms. The standard InChI is InChI=1S/C25H25F3N2O4/c1-3-18(16-9-10-20-21(13-16)34-12-6-11-33-20)29-22(31)14-30-15(2)23(24(32)25(26,27)28)17-7-4-5-8-19(17)30/h4-5,7-10,13,18H,3,6,11-12,14H2,1-2H3,(H,29,31).